The lowest BCUT2D eigenvalue weighted by Crippen LogP contribution is -2.05. The lowest BCUT2D eigenvalue weighted by Gasteiger charge is -2.09. The van der Waals surface area contributed by atoms with Crippen molar-refractivity contribution in [2.75, 3.05) is 11.9 Å². The average molecular weight is 348 g/mol. The van der Waals surface area contributed by atoms with Crippen molar-refractivity contribution in [3.8, 4) is 6.01 Å². The fourth-order valence-electron chi connectivity index (χ4n) is 1.31. The van der Waals surface area contributed by atoms with Crippen molar-refractivity contribution in [2.24, 2.45) is 0 Å². The molecule has 1 heterocycles. The molecule has 0 unspecified atom stereocenters. The lowest BCUT2D eigenvalue weighted by atomic mass is 10.3. The van der Waals surface area contributed by atoms with Crippen LogP contribution < -0.4 is 10.1 Å². The number of hydrogen-bond donors (Lipinski definition) is 1. The summed E-state index contributed by atoms with van der Waals surface area (Å²) in [5, 5.41) is 2.70. The van der Waals surface area contributed by atoms with E-state index in [1.165, 1.54) is 6.07 Å². The molecule has 1 aromatic heterocycles. The minimum Gasteiger partial charge on any atom is -0.464 e. The van der Waals surface area contributed by atoms with Crippen LogP contribution in [-0.4, -0.2) is 21.6 Å². The van der Waals surface area contributed by atoms with E-state index < -0.39 is 5.82 Å². The molecule has 2 rings (SSSR count). The predicted octanol–water partition coefficient (Wildman–Crippen LogP) is 3.57. The first-order chi connectivity index (χ1) is 9.10. The number of aromatic nitrogens is 3. The van der Waals surface area contributed by atoms with E-state index in [4.69, 9.17) is 16.3 Å². The number of rotatable bonds is 4. The molecular weight excluding hydrogens is 339 g/mol. The first-order valence-corrected chi connectivity index (χ1v) is 6.52. The van der Waals surface area contributed by atoms with Crippen molar-refractivity contribution in [1.29, 1.82) is 0 Å². The second-order valence-corrected chi connectivity index (χ2v) is 4.56. The SMILES string of the molecule is CCOc1nc(Cl)nc(Nc2c(F)cccc2Br)n1. The molecule has 100 valence electrons. The highest BCUT2D eigenvalue weighted by Gasteiger charge is 2.11. The standard InChI is InChI=1S/C11H9BrClFN4O/c1-2-19-11-17-9(13)16-10(18-11)15-8-6(12)4-3-5-7(8)14/h3-5H,2H2,1H3,(H,15,16,17,18). The van der Waals surface area contributed by atoms with Gasteiger partial charge < -0.3 is 10.1 Å². The van der Waals surface area contributed by atoms with Gasteiger partial charge in [0.15, 0.2) is 0 Å². The Morgan fingerprint density at radius 1 is 1.37 bits per heavy atom. The normalized spacial score (nSPS) is 10.3. The van der Waals surface area contributed by atoms with E-state index in [1.54, 1.807) is 19.1 Å². The summed E-state index contributed by atoms with van der Waals surface area (Å²) in [6.45, 7) is 2.18. The Kier molecular flexibility index (Phi) is 4.49. The maximum absolute atomic E-state index is 13.7. The van der Waals surface area contributed by atoms with Crippen LogP contribution in [-0.2, 0) is 0 Å². The lowest BCUT2D eigenvalue weighted by molar-refractivity contribution is 0.312. The fourth-order valence-corrected chi connectivity index (χ4v) is 1.90. The molecule has 0 amide bonds. The van der Waals surface area contributed by atoms with E-state index in [0.717, 1.165) is 0 Å². The van der Waals surface area contributed by atoms with E-state index >= 15 is 0 Å². The number of halogens is 3. The summed E-state index contributed by atoms with van der Waals surface area (Å²) >= 11 is 8.98. The van der Waals surface area contributed by atoms with Gasteiger partial charge in [0, 0.05) is 4.47 Å². The van der Waals surface area contributed by atoms with Crippen LogP contribution in [0.25, 0.3) is 0 Å². The van der Waals surface area contributed by atoms with Gasteiger partial charge in [0.05, 0.1) is 12.3 Å². The van der Waals surface area contributed by atoms with Crippen LogP contribution in [0, 0.1) is 5.82 Å². The highest BCUT2D eigenvalue weighted by molar-refractivity contribution is 9.10. The van der Waals surface area contributed by atoms with E-state index in [9.17, 15) is 4.39 Å². The zero-order valence-electron chi connectivity index (χ0n) is 9.82. The molecule has 2 aromatic rings. The van der Waals surface area contributed by atoms with Crippen molar-refractivity contribution in [3.63, 3.8) is 0 Å². The summed E-state index contributed by atoms with van der Waals surface area (Å²) < 4.78 is 19.3. The summed E-state index contributed by atoms with van der Waals surface area (Å²) in [5.74, 6) is -0.335. The Morgan fingerprint density at radius 3 is 2.84 bits per heavy atom. The molecule has 8 heteroatoms. The van der Waals surface area contributed by atoms with Gasteiger partial charge in [-0.3, -0.25) is 0 Å². The van der Waals surface area contributed by atoms with Gasteiger partial charge in [0.2, 0.25) is 11.2 Å². The van der Waals surface area contributed by atoms with Crippen LogP contribution in [0.2, 0.25) is 5.28 Å². The Labute approximate surface area is 122 Å². The summed E-state index contributed by atoms with van der Waals surface area (Å²) in [7, 11) is 0. The summed E-state index contributed by atoms with van der Waals surface area (Å²) in [6.07, 6.45) is 0. The average Bonchev–Trinajstić information content (AvgIpc) is 2.34. The van der Waals surface area contributed by atoms with Gasteiger partial charge in [0.1, 0.15) is 5.82 Å². The van der Waals surface area contributed by atoms with Crippen molar-refractivity contribution in [1.82, 2.24) is 15.0 Å². The summed E-state index contributed by atoms with van der Waals surface area (Å²) in [6, 6.07) is 4.67. The first-order valence-electron chi connectivity index (χ1n) is 5.35. The maximum atomic E-state index is 13.7. The van der Waals surface area contributed by atoms with Crippen LogP contribution in [0.1, 0.15) is 6.92 Å². The van der Waals surface area contributed by atoms with E-state index in [2.05, 4.69) is 36.2 Å². The van der Waals surface area contributed by atoms with Gasteiger partial charge in [-0.2, -0.15) is 15.0 Å². The largest absolute Gasteiger partial charge is 0.464 e. The molecule has 0 radical (unpaired) electrons. The highest BCUT2D eigenvalue weighted by Crippen LogP contribution is 2.27. The number of hydrogen-bond acceptors (Lipinski definition) is 5. The van der Waals surface area contributed by atoms with Crippen LogP contribution in [0.5, 0.6) is 6.01 Å². The minimum atomic E-state index is -0.441. The molecule has 0 saturated heterocycles. The number of benzene rings is 1. The Hall–Kier alpha value is -1.47. The van der Waals surface area contributed by atoms with Crippen LogP contribution in [0.15, 0.2) is 22.7 Å². The molecule has 0 saturated carbocycles. The molecule has 19 heavy (non-hydrogen) atoms. The molecule has 0 fully saturated rings. The van der Waals surface area contributed by atoms with Crippen molar-refractivity contribution < 1.29 is 9.13 Å². The van der Waals surface area contributed by atoms with Gasteiger partial charge in [-0.25, -0.2) is 4.39 Å². The monoisotopic (exact) mass is 346 g/mol. The number of nitrogens with one attached hydrogen (secondary N) is 1. The van der Waals surface area contributed by atoms with Gasteiger partial charge in [-0.1, -0.05) is 6.07 Å². The molecular formula is C11H9BrClFN4O. The van der Waals surface area contributed by atoms with Gasteiger partial charge >= 0.3 is 6.01 Å². The molecule has 1 N–H and O–H groups in total. The molecule has 1 aromatic carbocycles. The predicted molar refractivity (Wildman–Crippen MR) is 73.4 cm³/mol. The number of anilines is 2. The highest BCUT2D eigenvalue weighted by atomic mass is 79.9. The molecule has 5 nitrogen and oxygen atoms in total. The topological polar surface area (TPSA) is 59.9 Å². The van der Waals surface area contributed by atoms with E-state index in [1.807, 2.05) is 0 Å². The maximum Gasteiger partial charge on any atom is 0.322 e. The number of nitrogens with zero attached hydrogens (tertiary/aromatic N) is 3. The number of para-hydroxylation sites is 1. The summed E-state index contributed by atoms with van der Waals surface area (Å²) in [4.78, 5) is 11.6. The van der Waals surface area contributed by atoms with Crippen molar-refractivity contribution in [2.45, 2.75) is 6.92 Å². The zero-order chi connectivity index (χ0) is 13.8. The summed E-state index contributed by atoms with van der Waals surface area (Å²) in [5.41, 5.74) is 0.215. The van der Waals surface area contributed by atoms with Crippen LogP contribution >= 0.6 is 27.5 Å². The Balaban J connectivity index is 2.33. The minimum absolute atomic E-state index is 0.0339. The molecule has 0 aliphatic heterocycles. The molecule has 0 aliphatic carbocycles. The molecule has 0 spiro atoms. The van der Waals surface area contributed by atoms with Crippen LogP contribution in [0.4, 0.5) is 16.0 Å². The molecule has 0 aliphatic rings. The quantitative estimate of drug-likeness (QED) is 0.916. The third-order valence-electron chi connectivity index (χ3n) is 2.06. The van der Waals surface area contributed by atoms with Crippen LogP contribution in [0.3, 0.4) is 0 Å². The smallest absolute Gasteiger partial charge is 0.322 e. The van der Waals surface area contributed by atoms with Gasteiger partial charge in [-0.05, 0) is 46.6 Å². The molecule has 0 atom stereocenters. The second-order valence-electron chi connectivity index (χ2n) is 3.37. The first kappa shape index (κ1) is 14.0. The van der Waals surface area contributed by atoms with Gasteiger partial charge in [-0.15, -0.1) is 0 Å². The third kappa shape index (κ3) is 3.51. The van der Waals surface area contributed by atoms with E-state index in [0.29, 0.717) is 11.1 Å². The van der Waals surface area contributed by atoms with Crippen molar-refractivity contribution >= 4 is 39.2 Å². The Bertz CT molecular complexity index is 579. The third-order valence-corrected chi connectivity index (χ3v) is 2.89. The fraction of sp³-hybridized carbons (Fsp3) is 0.182. The Morgan fingerprint density at radius 2 is 2.16 bits per heavy atom. The van der Waals surface area contributed by atoms with Gasteiger partial charge in [0.25, 0.3) is 0 Å². The van der Waals surface area contributed by atoms with Crippen molar-refractivity contribution in [3.05, 3.63) is 33.8 Å². The zero-order valence-corrected chi connectivity index (χ0v) is 12.2. The van der Waals surface area contributed by atoms with E-state index in [-0.39, 0.29) is 22.9 Å². The molecule has 0 bridgehead atoms. The second kappa shape index (κ2) is 6.12. The number of ether oxygens (including phenoxy) is 1.